The highest BCUT2D eigenvalue weighted by Crippen LogP contribution is 2.52. The Balaban J connectivity index is 1.10. The number of anilines is 2. The third-order valence-corrected chi connectivity index (χ3v) is 11.6. The summed E-state index contributed by atoms with van der Waals surface area (Å²) in [5.74, 6) is 0.172. The molecule has 52 heavy (non-hydrogen) atoms. The van der Waals surface area contributed by atoms with Gasteiger partial charge in [-0.1, -0.05) is 140 Å². The summed E-state index contributed by atoms with van der Waals surface area (Å²) in [5, 5.41) is 6.71. The molecule has 3 aliphatic rings. The van der Waals surface area contributed by atoms with E-state index >= 15 is 0 Å². The number of nitrogens with zero attached hydrogens (tertiary/aromatic N) is 2. The zero-order valence-corrected chi connectivity index (χ0v) is 28.8. The number of aryl methyl sites for hydroxylation is 1. The molecule has 8 aromatic rings. The first-order valence-electron chi connectivity index (χ1n) is 18.5. The Bertz CT molecular complexity index is 2800. The fourth-order valence-electron chi connectivity index (χ4n) is 9.35. The number of hydrogen-bond acceptors (Lipinski definition) is 1. The highest BCUT2D eigenvalue weighted by molar-refractivity contribution is 6.14. The van der Waals surface area contributed by atoms with Crippen LogP contribution in [0.1, 0.15) is 29.0 Å². The zero-order valence-electron chi connectivity index (χ0n) is 28.8. The van der Waals surface area contributed by atoms with Crippen LogP contribution in [-0.4, -0.2) is 10.6 Å². The molecule has 0 amide bonds. The summed E-state index contributed by atoms with van der Waals surface area (Å²) < 4.78 is 2.51. The number of aromatic nitrogens is 1. The van der Waals surface area contributed by atoms with Gasteiger partial charge in [-0.25, -0.2) is 0 Å². The van der Waals surface area contributed by atoms with Crippen molar-refractivity contribution in [3.63, 3.8) is 0 Å². The third-order valence-electron chi connectivity index (χ3n) is 11.6. The molecule has 2 heteroatoms. The summed E-state index contributed by atoms with van der Waals surface area (Å²) >= 11 is 0. The maximum Gasteiger partial charge on any atom is 0.0629 e. The molecule has 7 aromatic carbocycles. The van der Waals surface area contributed by atoms with Gasteiger partial charge < -0.3 is 9.47 Å². The minimum atomic E-state index is 0.140. The number of fused-ring (bicyclic) bond motifs is 13. The van der Waals surface area contributed by atoms with E-state index < -0.39 is 0 Å². The van der Waals surface area contributed by atoms with Crippen molar-refractivity contribution in [1.82, 2.24) is 4.57 Å². The number of benzene rings is 7. The summed E-state index contributed by atoms with van der Waals surface area (Å²) in [6.45, 7) is 0. The summed E-state index contributed by atoms with van der Waals surface area (Å²) in [6.07, 6.45) is 16.1. The quantitative estimate of drug-likeness (QED) is 0.171. The molecule has 0 bridgehead atoms. The van der Waals surface area contributed by atoms with Gasteiger partial charge in [-0.2, -0.15) is 0 Å². The first-order valence-corrected chi connectivity index (χ1v) is 18.5. The fraction of sp³-hybridized carbons (Fsp3) is 0.0800. The van der Waals surface area contributed by atoms with Crippen LogP contribution in [0.25, 0.3) is 66.6 Å². The largest absolute Gasteiger partial charge is 0.333 e. The molecule has 246 valence electrons. The number of hydrogen-bond donors (Lipinski definition) is 0. The van der Waals surface area contributed by atoms with Gasteiger partial charge in [-0.15, -0.1) is 0 Å². The van der Waals surface area contributed by atoms with Crippen molar-refractivity contribution < 1.29 is 0 Å². The highest BCUT2D eigenvalue weighted by Gasteiger charge is 2.38. The molecule has 2 nitrogen and oxygen atoms in total. The van der Waals surface area contributed by atoms with Crippen LogP contribution in [0, 0.1) is 0 Å². The first kappa shape index (κ1) is 29.4. The van der Waals surface area contributed by atoms with Crippen molar-refractivity contribution in [1.29, 1.82) is 0 Å². The highest BCUT2D eigenvalue weighted by atomic mass is 15.2. The lowest BCUT2D eigenvalue weighted by atomic mass is 9.85. The van der Waals surface area contributed by atoms with E-state index in [1.165, 1.54) is 88.6 Å². The average molecular weight is 665 g/mol. The van der Waals surface area contributed by atoms with Gasteiger partial charge in [0.2, 0.25) is 0 Å². The van der Waals surface area contributed by atoms with Crippen LogP contribution >= 0.6 is 0 Å². The second-order valence-corrected chi connectivity index (χ2v) is 14.3. The standard InChI is InChI=1S/C50H36N2/c1-2-14-35(15-3-1)51-46-23-11-8-20-42(46)49-43-21-9-12-24-47(43)52(50(49)44-22-10-13-25-48(44)51)36-29-26-33(27-30-36)34-28-31-41-39-18-5-4-16-37(39)38-17-6-7-19-40(38)45(41)32-34/h1-3,5-15,17-32,42,46H,4,16H2. The molecule has 0 N–H and O–H groups in total. The van der Waals surface area contributed by atoms with Crippen molar-refractivity contribution in [2.24, 2.45) is 0 Å². The Kier molecular flexibility index (Phi) is 6.54. The minimum absolute atomic E-state index is 0.140. The van der Waals surface area contributed by atoms with Gasteiger partial charge in [-0.05, 0) is 105 Å². The Morgan fingerprint density at radius 1 is 0.538 bits per heavy atom. The third kappa shape index (κ3) is 4.31. The monoisotopic (exact) mass is 664 g/mol. The summed E-state index contributed by atoms with van der Waals surface area (Å²) in [6, 6.07) is 54.2. The van der Waals surface area contributed by atoms with E-state index in [9.17, 15) is 0 Å². The summed E-state index contributed by atoms with van der Waals surface area (Å²) in [4.78, 5) is 2.54. The lowest BCUT2D eigenvalue weighted by Crippen LogP contribution is -2.34. The minimum Gasteiger partial charge on any atom is -0.333 e. The lowest BCUT2D eigenvalue weighted by molar-refractivity contribution is 0.701. The van der Waals surface area contributed by atoms with E-state index in [-0.39, 0.29) is 12.0 Å². The normalized spacial score (nSPS) is 17.2. The van der Waals surface area contributed by atoms with Crippen molar-refractivity contribution in [3.8, 4) is 28.1 Å². The summed E-state index contributed by atoms with van der Waals surface area (Å²) in [5.41, 5.74) is 14.1. The molecule has 2 aliphatic carbocycles. The topological polar surface area (TPSA) is 8.17 Å². The maximum absolute atomic E-state index is 2.54. The summed E-state index contributed by atoms with van der Waals surface area (Å²) in [7, 11) is 0. The number of para-hydroxylation sites is 3. The van der Waals surface area contributed by atoms with Crippen molar-refractivity contribution in [3.05, 3.63) is 193 Å². The van der Waals surface area contributed by atoms with E-state index in [2.05, 4.69) is 192 Å². The zero-order chi connectivity index (χ0) is 34.2. The number of rotatable bonds is 3. The molecule has 1 aliphatic heterocycles. The van der Waals surface area contributed by atoms with Gasteiger partial charge in [0.1, 0.15) is 0 Å². The van der Waals surface area contributed by atoms with E-state index in [4.69, 9.17) is 0 Å². The molecule has 0 fully saturated rings. The second-order valence-electron chi connectivity index (χ2n) is 14.3. The van der Waals surface area contributed by atoms with Gasteiger partial charge in [0.15, 0.2) is 0 Å². The van der Waals surface area contributed by atoms with Gasteiger partial charge in [0, 0.05) is 28.2 Å². The molecule has 11 rings (SSSR count). The molecule has 0 spiro atoms. The van der Waals surface area contributed by atoms with Crippen LogP contribution < -0.4 is 4.90 Å². The molecular formula is C50H36N2. The second kappa shape index (κ2) is 11.6. The molecule has 2 heterocycles. The fourth-order valence-corrected chi connectivity index (χ4v) is 9.35. The SMILES string of the molecule is C1=CC2c3c(n(-c4ccc(-c5ccc6c7c(c8ccccc8c6c5)CCC=C7)cc4)c4ccccc34)-c3ccccc3N(c3ccccc3)C2C=C1. The van der Waals surface area contributed by atoms with Crippen LogP contribution in [0.5, 0.6) is 0 Å². The van der Waals surface area contributed by atoms with Crippen molar-refractivity contribution in [2.45, 2.75) is 24.8 Å². The van der Waals surface area contributed by atoms with Crippen LogP contribution in [-0.2, 0) is 6.42 Å². The maximum atomic E-state index is 2.54. The Morgan fingerprint density at radius 3 is 2.15 bits per heavy atom. The molecule has 2 unspecified atom stereocenters. The Morgan fingerprint density at radius 2 is 1.27 bits per heavy atom. The van der Waals surface area contributed by atoms with Crippen LogP contribution in [0.2, 0.25) is 0 Å². The molecule has 2 atom stereocenters. The molecule has 1 aromatic heterocycles. The van der Waals surface area contributed by atoms with Crippen LogP contribution in [0.3, 0.4) is 0 Å². The van der Waals surface area contributed by atoms with E-state index in [0.29, 0.717) is 0 Å². The van der Waals surface area contributed by atoms with Gasteiger partial charge in [0.05, 0.1) is 22.9 Å². The number of allylic oxidation sites excluding steroid dienone is 3. The predicted octanol–water partition coefficient (Wildman–Crippen LogP) is 13.0. The van der Waals surface area contributed by atoms with E-state index in [1.54, 1.807) is 0 Å². The van der Waals surface area contributed by atoms with E-state index in [0.717, 1.165) is 12.8 Å². The van der Waals surface area contributed by atoms with Gasteiger partial charge >= 0.3 is 0 Å². The molecular weight excluding hydrogens is 629 g/mol. The molecule has 0 radical (unpaired) electrons. The lowest BCUT2D eigenvalue weighted by Gasteiger charge is -2.36. The molecule has 0 saturated heterocycles. The Hall–Kier alpha value is -6.38. The van der Waals surface area contributed by atoms with Crippen molar-refractivity contribution in [2.75, 3.05) is 4.90 Å². The van der Waals surface area contributed by atoms with Crippen molar-refractivity contribution >= 4 is 49.9 Å². The van der Waals surface area contributed by atoms with Crippen LogP contribution in [0.4, 0.5) is 11.4 Å². The van der Waals surface area contributed by atoms with Gasteiger partial charge in [-0.3, -0.25) is 0 Å². The first-order chi connectivity index (χ1) is 25.8. The molecule has 0 saturated carbocycles. The van der Waals surface area contributed by atoms with Gasteiger partial charge in [0.25, 0.3) is 0 Å². The smallest absolute Gasteiger partial charge is 0.0629 e. The predicted molar refractivity (Wildman–Crippen MR) is 220 cm³/mol. The van der Waals surface area contributed by atoms with E-state index in [1.807, 2.05) is 0 Å². The van der Waals surface area contributed by atoms with Crippen LogP contribution in [0.15, 0.2) is 176 Å². The Labute approximate surface area is 303 Å². The average Bonchev–Trinajstić information content (AvgIpc) is 3.50.